The molecule has 202 valence electrons. The number of pyridine rings is 1. The van der Waals surface area contributed by atoms with Crippen LogP contribution in [-0.4, -0.2) is 41.0 Å². The average molecular weight is 567 g/mol. The van der Waals surface area contributed by atoms with Gasteiger partial charge in [0.25, 0.3) is 0 Å². The van der Waals surface area contributed by atoms with Gasteiger partial charge in [0.1, 0.15) is 16.4 Å². The molecule has 0 aliphatic heterocycles. The van der Waals surface area contributed by atoms with Crippen LogP contribution < -0.4 is 15.5 Å². The van der Waals surface area contributed by atoms with Crippen molar-refractivity contribution in [1.82, 2.24) is 10.3 Å². The lowest BCUT2D eigenvalue weighted by Gasteiger charge is -2.27. The normalized spacial score (nSPS) is 12.8. The molecule has 0 unspecified atom stereocenters. The predicted octanol–water partition coefficient (Wildman–Crippen LogP) is 7.59. The highest BCUT2D eigenvalue weighted by Crippen LogP contribution is 2.42. The molecule has 3 rings (SSSR count). The number of aromatic nitrogens is 1. The van der Waals surface area contributed by atoms with Crippen LogP contribution in [0.25, 0.3) is 10.2 Å². The molecule has 37 heavy (non-hydrogen) atoms. The Morgan fingerprint density at radius 2 is 1.84 bits per heavy atom. The predicted molar refractivity (Wildman–Crippen MR) is 153 cm³/mol. The van der Waals surface area contributed by atoms with Gasteiger partial charge >= 0.3 is 12.2 Å². The summed E-state index contributed by atoms with van der Waals surface area (Å²) >= 11 is 9.49. The maximum atomic E-state index is 13.3. The number of anilines is 2. The van der Waals surface area contributed by atoms with E-state index in [1.54, 1.807) is 22.3 Å². The van der Waals surface area contributed by atoms with E-state index in [2.05, 4.69) is 15.6 Å². The number of halogens is 1. The number of hydrogen-bond acceptors (Lipinski definition) is 8. The number of aryl methyl sites for hydroxylation is 1. The molecule has 0 radical (unpaired) electrons. The zero-order valence-corrected chi connectivity index (χ0v) is 24.9. The summed E-state index contributed by atoms with van der Waals surface area (Å²) in [5.41, 5.74) is 1.04. The molecule has 0 saturated heterocycles. The van der Waals surface area contributed by atoms with E-state index in [-0.39, 0.29) is 11.2 Å². The van der Waals surface area contributed by atoms with Crippen molar-refractivity contribution in [2.24, 2.45) is 0 Å². The summed E-state index contributed by atoms with van der Waals surface area (Å²) in [6, 6.07) is 5.45. The molecule has 2 amide bonds. The van der Waals surface area contributed by atoms with Crippen molar-refractivity contribution in [3.05, 3.63) is 39.2 Å². The first-order valence-electron chi connectivity index (χ1n) is 12.0. The Kier molecular flexibility index (Phi) is 8.97. The number of rotatable bonds is 7. The summed E-state index contributed by atoms with van der Waals surface area (Å²) < 4.78 is 11.9. The van der Waals surface area contributed by atoms with E-state index >= 15 is 0 Å². The van der Waals surface area contributed by atoms with Crippen LogP contribution in [0, 0.1) is 6.92 Å². The minimum Gasteiger partial charge on any atom is -0.444 e. The topological polar surface area (TPSA) is 92.8 Å². The molecule has 1 atom stereocenters. The third-order valence-corrected chi connectivity index (χ3v) is 7.27. The summed E-state index contributed by atoms with van der Waals surface area (Å²) in [4.78, 5) is 32.6. The standard InChI is InChI=1S/C26H35ClN4O4S2/c1-15(29-23(32)34-25(3,4)5)13-28-22-16(2)20-21(37-22)18(12-19(27)30-20)31(14-17-10-9-11-36-17)24(33)35-26(6,7)8/h9-12,15,28H,13-14H2,1-8H3,(H,29,32)/t15-/m0/s1. The highest BCUT2D eigenvalue weighted by molar-refractivity contribution is 7.23. The molecule has 0 aliphatic carbocycles. The highest BCUT2D eigenvalue weighted by Gasteiger charge is 2.28. The molecular formula is C26H35ClN4O4S2. The molecule has 3 aromatic heterocycles. The largest absolute Gasteiger partial charge is 0.444 e. The number of nitrogens with one attached hydrogen (secondary N) is 2. The second kappa shape index (κ2) is 11.4. The number of ether oxygens (including phenoxy) is 2. The van der Waals surface area contributed by atoms with Gasteiger partial charge in [0, 0.05) is 29.1 Å². The van der Waals surface area contributed by atoms with Crippen LogP contribution in [-0.2, 0) is 16.0 Å². The van der Waals surface area contributed by atoms with Crippen LogP contribution in [0.5, 0.6) is 0 Å². The SMILES string of the molecule is Cc1c(NC[C@H](C)NC(=O)OC(C)(C)C)sc2c(N(Cc3cccs3)C(=O)OC(C)(C)C)cc(Cl)nc12. The van der Waals surface area contributed by atoms with Crippen molar-refractivity contribution in [2.45, 2.75) is 79.2 Å². The van der Waals surface area contributed by atoms with Gasteiger partial charge in [0.05, 0.1) is 27.4 Å². The Hall–Kier alpha value is -2.56. The summed E-state index contributed by atoms with van der Waals surface area (Å²) in [6.45, 7) is 15.7. The molecule has 0 aliphatic rings. The van der Waals surface area contributed by atoms with Gasteiger partial charge in [-0.25, -0.2) is 14.6 Å². The Morgan fingerprint density at radius 3 is 2.43 bits per heavy atom. The Labute approximate surface area is 231 Å². The van der Waals surface area contributed by atoms with Crippen LogP contribution in [0.4, 0.5) is 20.3 Å². The quantitative estimate of drug-likeness (QED) is 0.286. The first-order chi connectivity index (χ1) is 17.1. The number of carbonyl (C=O) groups excluding carboxylic acids is 2. The molecule has 0 bridgehead atoms. The fraction of sp³-hybridized carbons (Fsp3) is 0.500. The fourth-order valence-corrected chi connectivity index (χ4v) is 5.49. The number of thiophene rings is 2. The molecule has 8 nitrogen and oxygen atoms in total. The second-order valence-electron chi connectivity index (χ2n) is 10.8. The van der Waals surface area contributed by atoms with E-state index in [1.165, 1.54) is 11.3 Å². The Bertz CT molecular complexity index is 1250. The van der Waals surface area contributed by atoms with E-state index in [4.69, 9.17) is 21.1 Å². The molecule has 3 aromatic rings. The second-order valence-corrected chi connectivity index (χ2v) is 13.2. The smallest absolute Gasteiger partial charge is 0.415 e. The Balaban J connectivity index is 1.90. The lowest BCUT2D eigenvalue weighted by atomic mass is 10.2. The van der Waals surface area contributed by atoms with Gasteiger partial charge in [-0.3, -0.25) is 4.90 Å². The lowest BCUT2D eigenvalue weighted by Crippen LogP contribution is -2.40. The van der Waals surface area contributed by atoms with Gasteiger partial charge in [-0.05, 0) is 66.8 Å². The van der Waals surface area contributed by atoms with Crippen LogP contribution in [0.3, 0.4) is 0 Å². The van der Waals surface area contributed by atoms with Gasteiger partial charge in [0.2, 0.25) is 0 Å². The molecule has 0 fully saturated rings. The van der Waals surface area contributed by atoms with E-state index in [9.17, 15) is 9.59 Å². The molecule has 0 aromatic carbocycles. The first-order valence-corrected chi connectivity index (χ1v) is 14.1. The molecule has 11 heteroatoms. The van der Waals surface area contributed by atoms with Gasteiger partial charge in [-0.2, -0.15) is 0 Å². The van der Waals surface area contributed by atoms with Gasteiger partial charge < -0.3 is 20.1 Å². The molecule has 2 N–H and O–H groups in total. The minimum atomic E-state index is -0.657. The number of carbonyl (C=O) groups is 2. The van der Waals surface area contributed by atoms with Gasteiger partial charge in [-0.1, -0.05) is 17.7 Å². The summed E-state index contributed by atoms with van der Waals surface area (Å²) in [6.07, 6.45) is -0.924. The number of fused-ring (bicyclic) bond motifs is 1. The van der Waals surface area contributed by atoms with E-state index in [1.807, 2.05) is 72.9 Å². The van der Waals surface area contributed by atoms with E-state index in [0.717, 1.165) is 20.1 Å². The monoisotopic (exact) mass is 566 g/mol. The van der Waals surface area contributed by atoms with Crippen LogP contribution in [0.2, 0.25) is 5.15 Å². The van der Waals surface area contributed by atoms with Crippen molar-refractivity contribution in [3.63, 3.8) is 0 Å². The number of alkyl carbamates (subject to hydrolysis) is 1. The average Bonchev–Trinajstić information content (AvgIpc) is 3.35. The number of nitrogens with zero attached hydrogens (tertiary/aromatic N) is 2. The van der Waals surface area contributed by atoms with Crippen molar-refractivity contribution in [3.8, 4) is 0 Å². The third kappa shape index (κ3) is 8.21. The molecule has 0 saturated carbocycles. The lowest BCUT2D eigenvalue weighted by molar-refractivity contribution is 0.0509. The van der Waals surface area contributed by atoms with Crippen molar-refractivity contribution < 1.29 is 19.1 Å². The number of amides is 2. The third-order valence-electron chi connectivity index (χ3n) is 4.95. The molecule has 3 heterocycles. The zero-order chi connectivity index (χ0) is 27.5. The maximum Gasteiger partial charge on any atom is 0.415 e. The number of hydrogen-bond donors (Lipinski definition) is 2. The summed E-state index contributed by atoms with van der Waals surface area (Å²) in [5, 5.41) is 9.38. The summed E-state index contributed by atoms with van der Waals surface area (Å²) in [7, 11) is 0. The van der Waals surface area contributed by atoms with E-state index in [0.29, 0.717) is 24.3 Å². The molecular weight excluding hydrogens is 532 g/mol. The Morgan fingerprint density at radius 1 is 1.16 bits per heavy atom. The summed E-state index contributed by atoms with van der Waals surface area (Å²) in [5.74, 6) is 0. The van der Waals surface area contributed by atoms with Crippen molar-refractivity contribution >= 4 is 67.4 Å². The molecule has 0 spiro atoms. The van der Waals surface area contributed by atoms with Crippen LogP contribution in [0.1, 0.15) is 58.9 Å². The van der Waals surface area contributed by atoms with Crippen LogP contribution in [0.15, 0.2) is 23.6 Å². The van der Waals surface area contributed by atoms with Crippen molar-refractivity contribution in [1.29, 1.82) is 0 Å². The van der Waals surface area contributed by atoms with Crippen LogP contribution >= 0.6 is 34.3 Å². The fourth-order valence-electron chi connectivity index (χ4n) is 3.43. The van der Waals surface area contributed by atoms with Crippen molar-refractivity contribution in [2.75, 3.05) is 16.8 Å². The van der Waals surface area contributed by atoms with Gasteiger partial charge in [-0.15, -0.1) is 22.7 Å². The van der Waals surface area contributed by atoms with E-state index < -0.39 is 23.4 Å². The maximum absolute atomic E-state index is 13.3. The van der Waals surface area contributed by atoms with Gasteiger partial charge in [0.15, 0.2) is 0 Å². The highest BCUT2D eigenvalue weighted by atomic mass is 35.5. The first kappa shape index (κ1) is 29.0. The zero-order valence-electron chi connectivity index (χ0n) is 22.5. The minimum absolute atomic E-state index is 0.187.